The molecule has 18 heavy (non-hydrogen) atoms. The van der Waals surface area contributed by atoms with Crippen molar-refractivity contribution in [3.05, 3.63) is 35.9 Å². The number of carbonyl (C=O) groups is 1. The van der Waals surface area contributed by atoms with Crippen LogP contribution in [0.4, 0.5) is 0 Å². The Balaban J connectivity index is 1.77. The summed E-state index contributed by atoms with van der Waals surface area (Å²) in [5.74, 6) is -0.364. The first-order valence-corrected chi connectivity index (χ1v) is 5.93. The fraction of sp³-hybridized carbons (Fsp3) is 0.462. The third kappa shape index (κ3) is 1.80. The van der Waals surface area contributed by atoms with Crippen molar-refractivity contribution in [1.29, 1.82) is 0 Å². The maximum atomic E-state index is 11.1. The molecule has 1 aromatic carbocycles. The molecule has 0 saturated carbocycles. The van der Waals surface area contributed by atoms with Crippen LogP contribution in [-0.2, 0) is 14.3 Å². The Kier molecular flexibility index (Phi) is 2.81. The summed E-state index contributed by atoms with van der Waals surface area (Å²) in [5.41, 5.74) is 0.674. The molecule has 0 bridgehead atoms. The molecule has 0 aromatic heterocycles. The van der Waals surface area contributed by atoms with Crippen LogP contribution in [0, 0.1) is 0 Å². The summed E-state index contributed by atoms with van der Waals surface area (Å²) >= 11 is 0. The minimum atomic E-state index is -0.989. The van der Waals surface area contributed by atoms with Gasteiger partial charge in [-0.15, -0.1) is 0 Å². The van der Waals surface area contributed by atoms with Crippen LogP contribution in [0.2, 0.25) is 0 Å². The van der Waals surface area contributed by atoms with Crippen LogP contribution >= 0.6 is 0 Å². The number of aliphatic hydroxyl groups is 2. The van der Waals surface area contributed by atoms with E-state index in [-0.39, 0.29) is 12.4 Å². The van der Waals surface area contributed by atoms with Crippen molar-refractivity contribution in [2.75, 3.05) is 0 Å². The van der Waals surface area contributed by atoms with E-state index in [4.69, 9.17) is 9.47 Å². The molecule has 2 saturated heterocycles. The maximum Gasteiger partial charge on any atom is 0.309 e. The van der Waals surface area contributed by atoms with Gasteiger partial charge in [-0.1, -0.05) is 30.3 Å². The Morgan fingerprint density at radius 3 is 2.67 bits per heavy atom. The molecule has 2 aliphatic rings. The highest BCUT2D eigenvalue weighted by molar-refractivity contribution is 5.73. The molecule has 1 unspecified atom stereocenters. The van der Waals surface area contributed by atoms with E-state index in [1.165, 1.54) is 0 Å². The van der Waals surface area contributed by atoms with Gasteiger partial charge in [-0.3, -0.25) is 4.79 Å². The van der Waals surface area contributed by atoms with Gasteiger partial charge in [0.2, 0.25) is 0 Å². The monoisotopic (exact) mass is 250 g/mol. The Labute approximate surface area is 104 Å². The minimum absolute atomic E-state index is 0.139. The summed E-state index contributed by atoms with van der Waals surface area (Å²) in [6.07, 6.45) is -3.63. The van der Waals surface area contributed by atoms with E-state index in [0.717, 1.165) is 0 Å². The lowest BCUT2D eigenvalue weighted by atomic mass is 9.99. The zero-order chi connectivity index (χ0) is 12.7. The molecule has 0 radical (unpaired) electrons. The Bertz CT molecular complexity index is 446. The van der Waals surface area contributed by atoms with Gasteiger partial charge in [0, 0.05) is 0 Å². The van der Waals surface area contributed by atoms with E-state index in [0.29, 0.717) is 5.56 Å². The molecular weight excluding hydrogens is 236 g/mol. The molecule has 5 heteroatoms. The van der Waals surface area contributed by atoms with Gasteiger partial charge in [0.15, 0.2) is 6.10 Å². The predicted octanol–water partition coefficient (Wildman–Crippen LogP) is 0.164. The fourth-order valence-corrected chi connectivity index (χ4v) is 2.54. The van der Waals surface area contributed by atoms with Crippen LogP contribution in [0.5, 0.6) is 0 Å². The SMILES string of the molecule is O=C1C[C@H]2O[C@H](C(O)c3ccccc3)[C@H](O)[C@H]2O1. The molecule has 0 spiro atoms. The van der Waals surface area contributed by atoms with Crippen molar-refractivity contribution in [1.82, 2.24) is 0 Å². The predicted molar refractivity (Wildman–Crippen MR) is 60.6 cm³/mol. The first-order valence-electron chi connectivity index (χ1n) is 5.93. The van der Waals surface area contributed by atoms with Gasteiger partial charge in [0.1, 0.15) is 24.4 Å². The number of carbonyl (C=O) groups excluding carboxylic acids is 1. The molecule has 0 amide bonds. The molecule has 96 valence electrons. The number of hydrogen-bond donors (Lipinski definition) is 2. The highest BCUT2D eigenvalue weighted by Gasteiger charge is 2.53. The van der Waals surface area contributed by atoms with Crippen molar-refractivity contribution in [2.45, 2.75) is 36.9 Å². The number of benzene rings is 1. The average Bonchev–Trinajstić information content (AvgIpc) is 2.88. The lowest BCUT2D eigenvalue weighted by Crippen LogP contribution is -2.35. The largest absolute Gasteiger partial charge is 0.457 e. The number of aliphatic hydroxyl groups excluding tert-OH is 2. The van der Waals surface area contributed by atoms with E-state index in [2.05, 4.69) is 0 Å². The molecule has 0 aliphatic carbocycles. The molecule has 2 N–H and O–H groups in total. The van der Waals surface area contributed by atoms with E-state index in [1.54, 1.807) is 24.3 Å². The fourth-order valence-electron chi connectivity index (χ4n) is 2.54. The molecular formula is C13H14O5. The Hall–Kier alpha value is -1.43. The van der Waals surface area contributed by atoms with Gasteiger partial charge in [-0.2, -0.15) is 0 Å². The normalized spacial score (nSPS) is 36.2. The van der Waals surface area contributed by atoms with Crippen LogP contribution in [0.1, 0.15) is 18.1 Å². The smallest absolute Gasteiger partial charge is 0.309 e. The second-order valence-electron chi connectivity index (χ2n) is 4.64. The van der Waals surface area contributed by atoms with Gasteiger partial charge in [-0.05, 0) is 5.56 Å². The summed E-state index contributed by atoms with van der Waals surface area (Å²) in [6.45, 7) is 0. The number of ether oxygens (including phenoxy) is 2. The Morgan fingerprint density at radius 1 is 1.28 bits per heavy atom. The lowest BCUT2D eigenvalue weighted by Gasteiger charge is -2.22. The molecule has 5 nitrogen and oxygen atoms in total. The summed E-state index contributed by atoms with van der Waals surface area (Å²) in [7, 11) is 0. The molecule has 1 aromatic rings. The number of esters is 1. The third-order valence-corrected chi connectivity index (χ3v) is 3.46. The quantitative estimate of drug-likeness (QED) is 0.731. The maximum absolute atomic E-state index is 11.1. The van der Waals surface area contributed by atoms with E-state index >= 15 is 0 Å². The van der Waals surface area contributed by atoms with Crippen molar-refractivity contribution >= 4 is 5.97 Å². The number of hydrogen-bond acceptors (Lipinski definition) is 5. The van der Waals surface area contributed by atoms with Crippen LogP contribution < -0.4 is 0 Å². The van der Waals surface area contributed by atoms with Gasteiger partial charge in [0.25, 0.3) is 0 Å². The van der Waals surface area contributed by atoms with Gasteiger partial charge >= 0.3 is 5.97 Å². The molecule has 3 rings (SSSR count). The molecule has 2 fully saturated rings. The molecule has 2 heterocycles. The van der Waals surface area contributed by atoms with E-state index in [1.807, 2.05) is 6.07 Å². The molecule has 2 aliphatic heterocycles. The minimum Gasteiger partial charge on any atom is -0.457 e. The lowest BCUT2D eigenvalue weighted by molar-refractivity contribution is -0.147. The third-order valence-electron chi connectivity index (χ3n) is 3.46. The second kappa shape index (κ2) is 4.35. The topological polar surface area (TPSA) is 76.0 Å². The highest BCUT2D eigenvalue weighted by atomic mass is 16.6. The van der Waals surface area contributed by atoms with Crippen molar-refractivity contribution in [3.63, 3.8) is 0 Å². The summed E-state index contributed by atoms with van der Waals surface area (Å²) < 4.78 is 10.5. The van der Waals surface area contributed by atoms with Crippen LogP contribution in [-0.4, -0.2) is 40.6 Å². The zero-order valence-corrected chi connectivity index (χ0v) is 9.60. The number of rotatable bonds is 2. The van der Waals surface area contributed by atoms with Gasteiger partial charge in [0.05, 0.1) is 6.42 Å². The van der Waals surface area contributed by atoms with E-state index in [9.17, 15) is 15.0 Å². The number of fused-ring (bicyclic) bond motifs is 1. The highest BCUT2D eigenvalue weighted by Crippen LogP contribution is 2.36. The summed E-state index contributed by atoms with van der Waals surface area (Å²) in [5, 5.41) is 20.2. The Morgan fingerprint density at radius 2 is 2.00 bits per heavy atom. The second-order valence-corrected chi connectivity index (χ2v) is 4.64. The molecule has 5 atom stereocenters. The van der Waals surface area contributed by atoms with Crippen molar-refractivity contribution in [2.24, 2.45) is 0 Å². The van der Waals surface area contributed by atoms with Crippen LogP contribution in [0.3, 0.4) is 0 Å². The standard InChI is InChI=1S/C13H14O5/c14-9-6-8-12(18-9)11(16)13(17-8)10(15)7-4-2-1-3-5-7/h1-5,8,10-13,15-16H,6H2/t8-,10?,11-,12+,13-/m1/s1. The summed E-state index contributed by atoms with van der Waals surface area (Å²) in [4.78, 5) is 11.1. The first-order chi connectivity index (χ1) is 8.66. The average molecular weight is 250 g/mol. The van der Waals surface area contributed by atoms with Crippen LogP contribution in [0.25, 0.3) is 0 Å². The van der Waals surface area contributed by atoms with Gasteiger partial charge < -0.3 is 19.7 Å². The van der Waals surface area contributed by atoms with E-state index < -0.39 is 30.5 Å². The van der Waals surface area contributed by atoms with Crippen molar-refractivity contribution < 1.29 is 24.5 Å². The van der Waals surface area contributed by atoms with Crippen LogP contribution in [0.15, 0.2) is 30.3 Å². The van der Waals surface area contributed by atoms with Crippen molar-refractivity contribution in [3.8, 4) is 0 Å². The summed E-state index contributed by atoms with van der Waals surface area (Å²) in [6, 6.07) is 8.99. The van der Waals surface area contributed by atoms with Gasteiger partial charge in [-0.25, -0.2) is 0 Å². The zero-order valence-electron chi connectivity index (χ0n) is 9.60. The first kappa shape index (κ1) is 11.6.